The lowest BCUT2D eigenvalue weighted by atomic mass is 10.2. The summed E-state index contributed by atoms with van der Waals surface area (Å²) in [4.78, 5) is 28.9. The van der Waals surface area contributed by atoms with Crippen LogP contribution in [0.5, 0.6) is 0 Å². The van der Waals surface area contributed by atoms with Gasteiger partial charge in [-0.3, -0.25) is 14.5 Å². The van der Waals surface area contributed by atoms with Gasteiger partial charge in [0.2, 0.25) is 0 Å². The molecule has 4 heterocycles. The molecule has 27 heavy (non-hydrogen) atoms. The number of rotatable bonds is 4. The molecule has 2 aromatic heterocycles. The first-order chi connectivity index (χ1) is 13.1. The molecular weight excluding hydrogens is 366 g/mol. The lowest BCUT2D eigenvalue weighted by Gasteiger charge is -2.34. The number of amides is 1. The van der Waals surface area contributed by atoms with Crippen molar-refractivity contribution in [1.82, 2.24) is 24.7 Å². The molecule has 8 nitrogen and oxygen atoms in total. The number of thioether (sulfide) groups is 1. The first-order valence-corrected chi connectivity index (χ1v) is 10.4. The van der Waals surface area contributed by atoms with Gasteiger partial charge in [0, 0.05) is 51.0 Å². The molecule has 1 fully saturated rings. The van der Waals surface area contributed by atoms with Crippen molar-refractivity contribution in [2.75, 3.05) is 38.5 Å². The Kier molecular flexibility index (Phi) is 5.31. The number of nitrogens with zero attached hydrogens (tertiary/aromatic N) is 5. The van der Waals surface area contributed by atoms with Crippen molar-refractivity contribution in [2.24, 2.45) is 0 Å². The number of carbonyl (C=O) groups excluding carboxylic acids is 1. The fraction of sp³-hybridized carbons (Fsp3) is 0.556. The van der Waals surface area contributed by atoms with Gasteiger partial charge in [-0.05, 0) is 18.2 Å². The van der Waals surface area contributed by atoms with E-state index in [-0.39, 0.29) is 11.5 Å². The molecule has 0 aliphatic carbocycles. The van der Waals surface area contributed by atoms with Crippen LogP contribution in [-0.2, 0) is 18.7 Å². The Labute approximate surface area is 161 Å². The number of hydrogen-bond donors (Lipinski definition) is 0. The van der Waals surface area contributed by atoms with Gasteiger partial charge in [-0.15, -0.1) is 0 Å². The van der Waals surface area contributed by atoms with E-state index in [0.717, 1.165) is 48.8 Å². The smallest absolute Gasteiger partial charge is 0.267 e. The molecule has 2 aliphatic heterocycles. The van der Waals surface area contributed by atoms with Crippen LogP contribution < -0.4 is 5.56 Å². The van der Waals surface area contributed by atoms with Crippen LogP contribution in [0.4, 0.5) is 0 Å². The summed E-state index contributed by atoms with van der Waals surface area (Å²) in [5.41, 5.74) is 2.66. The molecule has 0 saturated carbocycles. The van der Waals surface area contributed by atoms with Crippen LogP contribution in [0.15, 0.2) is 21.6 Å². The summed E-state index contributed by atoms with van der Waals surface area (Å²) in [6.07, 6.45) is 2.42. The second-order valence-electron chi connectivity index (χ2n) is 6.91. The molecule has 1 amide bonds. The number of hydrogen-bond acceptors (Lipinski definition) is 7. The standard InChI is InChI=1S/C18H23N5O3S/c1-13-15(11-19-26-13)18(25)22-6-3-21(4-7-22)5-8-23-17(24)10-14-12-27-9-2-16(14)20-23/h10-11H,2-9,12H2,1H3. The summed E-state index contributed by atoms with van der Waals surface area (Å²) in [6.45, 7) is 5.98. The van der Waals surface area contributed by atoms with E-state index in [2.05, 4.69) is 15.2 Å². The third kappa shape index (κ3) is 3.93. The molecule has 2 aromatic rings. The van der Waals surface area contributed by atoms with Crippen LogP contribution in [0.25, 0.3) is 0 Å². The summed E-state index contributed by atoms with van der Waals surface area (Å²) in [5.74, 6) is 2.48. The Hall–Kier alpha value is -2.13. The van der Waals surface area contributed by atoms with Gasteiger partial charge in [0.1, 0.15) is 11.3 Å². The first kappa shape index (κ1) is 18.2. The minimum absolute atomic E-state index is 0.0204. The van der Waals surface area contributed by atoms with Crippen LogP contribution in [0.3, 0.4) is 0 Å². The third-order valence-electron chi connectivity index (χ3n) is 5.17. The number of carbonyl (C=O) groups is 1. The number of aryl methyl sites for hydroxylation is 2. The van der Waals surface area contributed by atoms with Crippen LogP contribution in [0.2, 0.25) is 0 Å². The molecule has 0 bridgehead atoms. The van der Waals surface area contributed by atoms with Crippen molar-refractivity contribution in [3.63, 3.8) is 0 Å². The van der Waals surface area contributed by atoms with E-state index in [1.54, 1.807) is 17.7 Å². The number of aromatic nitrogens is 3. The van der Waals surface area contributed by atoms with E-state index in [1.807, 2.05) is 16.7 Å². The molecule has 0 atom stereocenters. The molecule has 0 unspecified atom stereocenters. The van der Waals surface area contributed by atoms with Crippen molar-refractivity contribution in [3.8, 4) is 0 Å². The summed E-state index contributed by atoms with van der Waals surface area (Å²) in [6, 6.07) is 1.74. The topological polar surface area (TPSA) is 84.5 Å². The largest absolute Gasteiger partial charge is 0.361 e. The number of fused-ring (bicyclic) bond motifs is 1. The minimum Gasteiger partial charge on any atom is -0.361 e. The lowest BCUT2D eigenvalue weighted by molar-refractivity contribution is 0.0629. The predicted molar refractivity (Wildman–Crippen MR) is 102 cm³/mol. The summed E-state index contributed by atoms with van der Waals surface area (Å²) in [7, 11) is 0. The average molecular weight is 389 g/mol. The minimum atomic E-state index is -0.0288. The SMILES string of the molecule is Cc1oncc1C(=O)N1CCN(CCn2nc3c(cc2=O)CSCC3)CC1. The van der Waals surface area contributed by atoms with Gasteiger partial charge in [0.25, 0.3) is 11.5 Å². The van der Waals surface area contributed by atoms with Crippen LogP contribution >= 0.6 is 11.8 Å². The quantitative estimate of drug-likeness (QED) is 0.764. The fourth-order valence-electron chi connectivity index (χ4n) is 3.50. The van der Waals surface area contributed by atoms with E-state index in [0.29, 0.717) is 31.0 Å². The van der Waals surface area contributed by atoms with E-state index in [9.17, 15) is 9.59 Å². The fourth-order valence-corrected chi connectivity index (χ4v) is 4.45. The summed E-state index contributed by atoms with van der Waals surface area (Å²) < 4.78 is 6.58. The zero-order chi connectivity index (χ0) is 18.8. The van der Waals surface area contributed by atoms with Gasteiger partial charge in [0.15, 0.2) is 0 Å². The van der Waals surface area contributed by atoms with E-state index in [4.69, 9.17) is 4.52 Å². The zero-order valence-corrected chi connectivity index (χ0v) is 16.2. The van der Waals surface area contributed by atoms with Crippen LogP contribution in [0.1, 0.15) is 27.4 Å². The summed E-state index contributed by atoms with van der Waals surface area (Å²) in [5, 5.41) is 8.25. The van der Waals surface area contributed by atoms with Crippen molar-refractivity contribution in [1.29, 1.82) is 0 Å². The van der Waals surface area contributed by atoms with E-state index >= 15 is 0 Å². The van der Waals surface area contributed by atoms with E-state index < -0.39 is 0 Å². The monoisotopic (exact) mass is 389 g/mol. The maximum atomic E-state index is 12.5. The highest BCUT2D eigenvalue weighted by atomic mass is 32.2. The highest BCUT2D eigenvalue weighted by Crippen LogP contribution is 2.21. The third-order valence-corrected chi connectivity index (χ3v) is 6.18. The van der Waals surface area contributed by atoms with Gasteiger partial charge in [0.05, 0.1) is 18.4 Å². The molecule has 4 rings (SSSR count). The van der Waals surface area contributed by atoms with Crippen molar-refractivity contribution in [3.05, 3.63) is 45.2 Å². The highest BCUT2D eigenvalue weighted by molar-refractivity contribution is 7.98. The molecule has 0 radical (unpaired) electrons. The van der Waals surface area contributed by atoms with Gasteiger partial charge in [-0.1, -0.05) is 5.16 Å². The Balaban J connectivity index is 1.32. The van der Waals surface area contributed by atoms with Gasteiger partial charge >= 0.3 is 0 Å². The molecule has 0 aromatic carbocycles. The highest BCUT2D eigenvalue weighted by Gasteiger charge is 2.24. The summed E-state index contributed by atoms with van der Waals surface area (Å²) >= 11 is 1.85. The predicted octanol–water partition coefficient (Wildman–Crippen LogP) is 0.787. The van der Waals surface area contributed by atoms with Crippen molar-refractivity contribution < 1.29 is 9.32 Å². The maximum Gasteiger partial charge on any atom is 0.267 e. The molecule has 144 valence electrons. The molecular formula is C18H23N5O3S. The Morgan fingerprint density at radius 2 is 2.07 bits per heavy atom. The second kappa shape index (κ2) is 7.85. The molecule has 2 aliphatic rings. The Morgan fingerprint density at radius 1 is 1.26 bits per heavy atom. The van der Waals surface area contributed by atoms with Gasteiger partial charge < -0.3 is 9.42 Å². The van der Waals surface area contributed by atoms with Crippen LogP contribution in [0, 0.1) is 6.92 Å². The first-order valence-electron chi connectivity index (χ1n) is 9.22. The second-order valence-corrected chi connectivity index (χ2v) is 8.01. The number of piperazine rings is 1. The van der Waals surface area contributed by atoms with Gasteiger partial charge in [-0.2, -0.15) is 16.9 Å². The normalized spacial score (nSPS) is 17.7. The van der Waals surface area contributed by atoms with Gasteiger partial charge in [-0.25, -0.2) is 4.68 Å². The van der Waals surface area contributed by atoms with Crippen LogP contribution in [-0.4, -0.2) is 69.1 Å². The molecule has 0 N–H and O–H groups in total. The zero-order valence-electron chi connectivity index (χ0n) is 15.4. The van der Waals surface area contributed by atoms with Crippen molar-refractivity contribution >= 4 is 17.7 Å². The molecule has 1 saturated heterocycles. The van der Waals surface area contributed by atoms with E-state index in [1.165, 1.54) is 6.20 Å². The maximum absolute atomic E-state index is 12.5. The average Bonchev–Trinajstić information content (AvgIpc) is 3.12. The Morgan fingerprint density at radius 3 is 2.81 bits per heavy atom. The molecule has 0 spiro atoms. The molecule has 9 heteroatoms. The van der Waals surface area contributed by atoms with Crippen molar-refractivity contribution in [2.45, 2.75) is 25.6 Å². The Bertz CT molecular complexity index is 885. The lowest BCUT2D eigenvalue weighted by Crippen LogP contribution is -2.49.